The lowest BCUT2D eigenvalue weighted by molar-refractivity contribution is 0.165. The Morgan fingerprint density at radius 3 is 2.35 bits per heavy atom. The van der Waals surface area contributed by atoms with Gasteiger partial charge in [0, 0.05) is 12.7 Å². The predicted molar refractivity (Wildman–Crippen MR) is 81.9 cm³/mol. The summed E-state index contributed by atoms with van der Waals surface area (Å²) in [6, 6.07) is 8.38. The number of benzene rings is 1. The van der Waals surface area contributed by atoms with Gasteiger partial charge in [0.05, 0.1) is 11.8 Å². The fraction of sp³-hybridized carbons (Fsp3) is 0.471. The van der Waals surface area contributed by atoms with Gasteiger partial charge in [0.15, 0.2) is 0 Å². The van der Waals surface area contributed by atoms with Crippen LogP contribution in [0.1, 0.15) is 34.5 Å². The normalized spacial score (nSPS) is 12.7. The molecule has 1 aromatic carbocycles. The summed E-state index contributed by atoms with van der Waals surface area (Å²) in [7, 11) is 1.97. The summed E-state index contributed by atoms with van der Waals surface area (Å²) >= 11 is 0. The van der Waals surface area contributed by atoms with Crippen LogP contribution in [-0.2, 0) is 19.9 Å². The van der Waals surface area contributed by atoms with Gasteiger partial charge < -0.3 is 5.11 Å². The first-order valence-corrected chi connectivity index (χ1v) is 7.20. The molecule has 2 aromatic rings. The third-order valence-corrected chi connectivity index (χ3v) is 3.98. The molecule has 1 N–H and O–H groups in total. The molecule has 1 atom stereocenters. The van der Waals surface area contributed by atoms with Gasteiger partial charge >= 0.3 is 0 Å². The standard InChI is InChI=1S/C17H24N2O/c1-12-5-7-15(8-6-12)11-16(20)9-10-17-13(2)18-19(4)14(17)3/h5-8,16,20H,9-11H2,1-4H3. The molecule has 0 aliphatic rings. The van der Waals surface area contributed by atoms with E-state index in [2.05, 4.69) is 43.2 Å². The lowest BCUT2D eigenvalue weighted by Gasteiger charge is -2.11. The van der Waals surface area contributed by atoms with Gasteiger partial charge in [-0.15, -0.1) is 0 Å². The Kier molecular flexibility index (Phi) is 4.61. The van der Waals surface area contributed by atoms with Crippen LogP contribution in [0.4, 0.5) is 0 Å². The number of aliphatic hydroxyl groups excluding tert-OH is 1. The number of aromatic nitrogens is 2. The van der Waals surface area contributed by atoms with E-state index >= 15 is 0 Å². The summed E-state index contributed by atoms with van der Waals surface area (Å²) in [4.78, 5) is 0. The lowest BCUT2D eigenvalue weighted by Crippen LogP contribution is -2.12. The van der Waals surface area contributed by atoms with Gasteiger partial charge in [0.1, 0.15) is 0 Å². The first kappa shape index (κ1) is 14.8. The van der Waals surface area contributed by atoms with Crippen LogP contribution in [0.2, 0.25) is 0 Å². The second-order valence-corrected chi connectivity index (χ2v) is 5.66. The van der Waals surface area contributed by atoms with E-state index in [1.165, 1.54) is 22.4 Å². The van der Waals surface area contributed by atoms with Crippen molar-refractivity contribution in [1.82, 2.24) is 9.78 Å². The van der Waals surface area contributed by atoms with Crippen LogP contribution in [0.3, 0.4) is 0 Å². The van der Waals surface area contributed by atoms with Gasteiger partial charge in [-0.3, -0.25) is 4.68 Å². The molecule has 3 nitrogen and oxygen atoms in total. The monoisotopic (exact) mass is 272 g/mol. The second-order valence-electron chi connectivity index (χ2n) is 5.66. The highest BCUT2D eigenvalue weighted by Crippen LogP contribution is 2.16. The quantitative estimate of drug-likeness (QED) is 0.909. The molecule has 20 heavy (non-hydrogen) atoms. The van der Waals surface area contributed by atoms with Gasteiger partial charge in [-0.2, -0.15) is 5.10 Å². The third kappa shape index (κ3) is 3.48. The average molecular weight is 272 g/mol. The van der Waals surface area contributed by atoms with Crippen LogP contribution in [0.25, 0.3) is 0 Å². The molecule has 0 saturated carbocycles. The van der Waals surface area contributed by atoms with Crippen LogP contribution >= 0.6 is 0 Å². The minimum absolute atomic E-state index is 0.295. The van der Waals surface area contributed by atoms with Crippen molar-refractivity contribution >= 4 is 0 Å². The minimum Gasteiger partial charge on any atom is -0.393 e. The Hall–Kier alpha value is -1.61. The van der Waals surface area contributed by atoms with E-state index in [1.54, 1.807) is 0 Å². The number of rotatable bonds is 5. The van der Waals surface area contributed by atoms with Crippen LogP contribution in [0.5, 0.6) is 0 Å². The van der Waals surface area contributed by atoms with Crippen molar-refractivity contribution in [1.29, 1.82) is 0 Å². The van der Waals surface area contributed by atoms with Crippen molar-refractivity contribution in [3.05, 3.63) is 52.3 Å². The molecule has 0 bridgehead atoms. The summed E-state index contributed by atoms with van der Waals surface area (Å²) in [5.41, 5.74) is 6.00. The molecular formula is C17H24N2O. The lowest BCUT2D eigenvalue weighted by atomic mass is 10.00. The predicted octanol–water partition coefficient (Wildman–Crippen LogP) is 2.88. The van der Waals surface area contributed by atoms with Crippen LogP contribution < -0.4 is 0 Å². The molecule has 3 heteroatoms. The fourth-order valence-corrected chi connectivity index (χ4v) is 2.59. The van der Waals surface area contributed by atoms with Gasteiger partial charge in [-0.25, -0.2) is 0 Å². The number of aliphatic hydroxyl groups is 1. The zero-order valence-corrected chi connectivity index (χ0v) is 12.8. The summed E-state index contributed by atoms with van der Waals surface area (Å²) < 4.78 is 1.91. The summed E-state index contributed by atoms with van der Waals surface area (Å²) in [5, 5.41) is 14.6. The summed E-state index contributed by atoms with van der Waals surface area (Å²) in [5.74, 6) is 0. The SMILES string of the molecule is Cc1ccc(CC(O)CCc2c(C)nn(C)c2C)cc1. The molecule has 0 fully saturated rings. The van der Waals surface area contributed by atoms with Crippen molar-refractivity contribution < 1.29 is 5.11 Å². The Labute approximate surface area is 121 Å². The van der Waals surface area contributed by atoms with Crippen molar-refractivity contribution in [2.24, 2.45) is 7.05 Å². The molecule has 0 aliphatic heterocycles. The van der Waals surface area contributed by atoms with Gasteiger partial charge in [0.25, 0.3) is 0 Å². The van der Waals surface area contributed by atoms with E-state index < -0.39 is 0 Å². The molecule has 0 saturated heterocycles. The molecule has 0 spiro atoms. The molecule has 1 heterocycles. The van der Waals surface area contributed by atoms with Crippen LogP contribution in [-0.4, -0.2) is 21.0 Å². The minimum atomic E-state index is -0.295. The molecule has 2 rings (SSSR count). The Morgan fingerprint density at radius 1 is 1.15 bits per heavy atom. The molecule has 1 aromatic heterocycles. The fourth-order valence-electron chi connectivity index (χ4n) is 2.59. The van der Waals surface area contributed by atoms with E-state index in [-0.39, 0.29) is 6.10 Å². The number of hydrogen-bond donors (Lipinski definition) is 1. The topological polar surface area (TPSA) is 38.1 Å². The number of hydrogen-bond acceptors (Lipinski definition) is 2. The maximum atomic E-state index is 10.2. The van der Waals surface area contributed by atoms with E-state index in [0.717, 1.165) is 25.0 Å². The maximum absolute atomic E-state index is 10.2. The Bertz CT molecular complexity index is 569. The van der Waals surface area contributed by atoms with Crippen molar-refractivity contribution in [3.63, 3.8) is 0 Å². The third-order valence-electron chi connectivity index (χ3n) is 3.98. The average Bonchev–Trinajstić information content (AvgIpc) is 2.64. The molecule has 108 valence electrons. The Balaban J connectivity index is 1.92. The highest BCUT2D eigenvalue weighted by Gasteiger charge is 2.12. The zero-order valence-electron chi connectivity index (χ0n) is 12.8. The summed E-state index contributed by atoms with van der Waals surface area (Å²) in [6.07, 6.45) is 2.09. The smallest absolute Gasteiger partial charge is 0.0628 e. The van der Waals surface area contributed by atoms with Crippen LogP contribution in [0.15, 0.2) is 24.3 Å². The van der Waals surface area contributed by atoms with E-state index in [0.29, 0.717) is 0 Å². The first-order valence-electron chi connectivity index (χ1n) is 7.20. The Morgan fingerprint density at radius 2 is 1.80 bits per heavy atom. The first-order chi connectivity index (χ1) is 9.47. The molecule has 0 amide bonds. The summed E-state index contributed by atoms with van der Waals surface area (Å²) in [6.45, 7) is 6.20. The van der Waals surface area contributed by atoms with Gasteiger partial charge in [0.2, 0.25) is 0 Å². The largest absolute Gasteiger partial charge is 0.393 e. The van der Waals surface area contributed by atoms with Crippen molar-refractivity contribution in [3.8, 4) is 0 Å². The maximum Gasteiger partial charge on any atom is 0.0628 e. The highest BCUT2D eigenvalue weighted by molar-refractivity contribution is 5.25. The van der Waals surface area contributed by atoms with Crippen molar-refractivity contribution in [2.45, 2.75) is 46.1 Å². The highest BCUT2D eigenvalue weighted by atomic mass is 16.3. The van der Waals surface area contributed by atoms with E-state index in [9.17, 15) is 5.11 Å². The molecule has 0 aliphatic carbocycles. The van der Waals surface area contributed by atoms with E-state index in [4.69, 9.17) is 0 Å². The van der Waals surface area contributed by atoms with Gasteiger partial charge in [-0.05, 0) is 51.2 Å². The van der Waals surface area contributed by atoms with E-state index in [1.807, 2.05) is 18.7 Å². The number of nitrogens with zero attached hydrogens (tertiary/aromatic N) is 2. The van der Waals surface area contributed by atoms with Crippen molar-refractivity contribution in [2.75, 3.05) is 0 Å². The van der Waals surface area contributed by atoms with Crippen LogP contribution in [0, 0.1) is 20.8 Å². The molecule has 1 unspecified atom stereocenters. The molecule has 0 radical (unpaired) electrons. The van der Waals surface area contributed by atoms with Gasteiger partial charge in [-0.1, -0.05) is 29.8 Å². The number of aryl methyl sites for hydroxylation is 3. The molecular weight excluding hydrogens is 248 g/mol. The second kappa shape index (κ2) is 6.23. The zero-order chi connectivity index (χ0) is 14.7.